The maximum atomic E-state index is 13.8. The maximum absolute atomic E-state index is 13.8. The Morgan fingerprint density at radius 3 is 2.20 bits per heavy atom. The standard InChI is InChI=1S/C40H62O6/c1-11-22-45-34(44)40-19-14-26(25(2)3)33(40)27-12-13-29-37(8)17-16-30(46-32(43)24-35(4,5)23-31(41)42)36(6,7)28(37)15-18-39(29,10)38(27,9)20-21-40/h11,26-30,33H,1-2,12-24H2,3-10H3,(H,41,42)/t26-,27+,28?,29?,30-,33?,37-,38+,39+,40-/m0/s1. The molecule has 5 fully saturated rings. The Labute approximate surface area is 278 Å². The monoisotopic (exact) mass is 638 g/mol. The predicted molar refractivity (Wildman–Crippen MR) is 181 cm³/mol. The topological polar surface area (TPSA) is 89.9 Å². The van der Waals surface area contributed by atoms with Crippen molar-refractivity contribution in [1.82, 2.24) is 0 Å². The molecule has 1 N–H and O–H groups in total. The summed E-state index contributed by atoms with van der Waals surface area (Å²) in [5.74, 6) is 0.925. The van der Waals surface area contributed by atoms with Crippen molar-refractivity contribution in [2.45, 2.75) is 139 Å². The molecule has 0 radical (unpaired) electrons. The Kier molecular flexibility index (Phi) is 9.02. The zero-order chi connectivity index (χ0) is 34.1. The van der Waals surface area contributed by atoms with E-state index in [1.807, 2.05) is 13.8 Å². The van der Waals surface area contributed by atoms with Crippen LogP contribution >= 0.6 is 0 Å². The van der Waals surface area contributed by atoms with E-state index >= 15 is 0 Å². The highest BCUT2D eigenvalue weighted by molar-refractivity contribution is 5.78. The summed E-state index contributed by atoms with van der Waals surface area (Å²) >= 11 is 0. The lowest BCUT2D eigenvalue weighted by Crippen LogP contribution is -2.67. The van der Waals surface area contributed by atoms with E-state index in [2.05, 4.69) is 54.7 Å². The van der Waals surface area contributed by atoms with Crippen LogP contribution in [0.15, 0.2) is 24.8 Å². The summed E-state index contributed by atoms with van der Waals surface area (Å²) in [5.41, 5.74) is 0.405. The number of aliphatic carboxylic acids is 1. The molecule has 0 aromatic rings. The van der Waals surface area contributed by atoms with Crippen molar-refractivity contribution in [3.05, 3.63) is 24.8 Å². The molecule has 6 nitrogen and oxygen atoms in total. The van der Waals surface area contributed by atoms with Crippen LogP contribution in [0.25, 0.3) is 0 Å². The van der Waals surface area contributed by atoms with Gasteiger partial charge in [0.05, 0.1) is 18.3 Å². The Balaban J connectivity index is 1.40. The zero-order valence-corrected chi connectivity index (χ0v) is 30.1. The van der Waals surface area contributed by atoms with Crippen LogP contribution < -0.4 is 0 Å². The SMILES string of the molecule is C=CCOC(=O)[C@]12CC[C@@H](C(=C)C)C1[C@H]1CCC3[C@@]4(C)CC[C@H](OC(=O)CC(C)(C)CC(=O)O)C(C)(C)C4CC[C@@]3(C)[C@]1(C)CC2. The first kappa shape index (κ1) is 35.2. The lowest BCUT2D eigenvalue weighted by atomic mass is 9.32. The van der Waals surface area contributed by atoms with Crippen molar-refractivity contribution < 1.29 is 29.0 Å². The molecule has 0 bridgehead atoms. The summed E-state index contributed by atoms with van der Waals surface area (Å²) in [6.07, 6.45) is 11.9. The fourth-order valence-electron chi connectivity index (χ4n) is 13.0. The van der Waals surface area contributed by atoms with Crippen molar-refractivity contribution in [2.24, 2.45) is 62.1 Å². The summed E-state index contributed by atoms with van der Waals surface area (Å²) in [6, 6.07) is 0. The molecule has 0 aliphatic heterocycles. The van der Waals surface area contributed by atoms with Gasteiger partial charge in [0.1, 0.15) is 12.7 Å². The number of carboxylic acids is 1. The smallest absolute Gasteiger partial charge is 0.312 e. The van der Waals surface area contributed by atoms with Gasteiger partial charge in [0.2, 0.25) is 0 Å². The zero-order valence-electron chi connectivity index (χ0n) is 30.1. The van der Waals surface area contributed by atoms with Gasteiger partial charge < -0.3 is 14.6 Å². The lowest BCUT2D eigenvalue weighted by molar-refractivity contribution is -0.251. The summed E-state index contributed by atoms with van der Waals surface area (Å²) in [5, 5.41) is 9.30. The lowest BCUT2D eigenvalue weighted by Gasteiger charge is -2.72. The van der Waals surface area contributed by atoms with Crippen LogP contribution in [0.3, 0.4) is 0 Å². The van der Waals surface area contributed by atoms with E-state index in [1.165, 1.54) is 12.0 Å². The van der Waals surface area contributed by atoms with Crippen molar-refractivity contribution in [1.29, 1.82) is 0 Å². The molecule has 10 atom stereocenters. The Morgan fingerprint density at radius 2 is 1.57 bits per heavy atom. The normalized spacial score (nSPS) is 42.8. The average molecular weight is 639 g/mol. The number of ether oxygens (including phenoxy) is 2. The number of carbonyl (C=O) groups is 3. The van der Waals surface area contributed by atoms with E-state index in [0.717, 1.165) is 57.8 Å². The predicted octanol–water partition coefficient (Wildman–Crippen LogP) is 9.18. The fourth-order valence-corrected chi connectivity index (χ4v) is 13.0. The number of rotatable bonds is 9. The molecular weight excluding hydrogens is 576 g/mol. The van der Waals surface area contributed by atoms with Crippen molar-refractivity contribution >= 4 is 17.9 Å². The van der Waals surface area contributed by atoms with Gasteiger partial charge in [0.15, 0.2) is 0 Å². The molecule has 258 valence electrons. The second-order valence-corrected chi connectivity index (χ2v) is 18.5. The van der Waals surface area contributed by atoms with Crippen LogP contribution in [-0.2, 0) is 23.9 Å². The maximum Gasteiger partial charge on any atom is 0.312 e. The Hall–Kier alpha value is -2.11. The minimum Gasteiger partial charge on any atom is -0.481 e. The number of allylic oxidation sites excluding steroid dienone is 1. The summed E-state index contributed by atoms with van der Waals surface area (Å²) < 4.78 is 12.1. The Bertz CT molecular complexity index is 1260. The molecule has 5 saturated carbocycles. The van der Waals surface area contributed by atoms with Gasteiger partial charge in [0.25, 0.3) is 0 Å². The number of hydrogen-bond donors (Lipinski definition) is 1. The van der Waals surface area contributed by atoms with E-state index in [-0.39, 0.29) is 65.1 Å². The molecule has 6 heteroatoms. The molecule has 0 spiro atoms. The molecule has 0 aromatic carbocycles. The van der Waals surface area contributed by atoms with Gasteiger partial charge in [-0.15, -0.1) is 0 Å². The molecule has 0 heterocycles. The van der Waals surface area contributed by atoms with Crippen LogP contribution in [0, 0.1) is 62.1 Å². The Morgan fingerprint density at radius 1 is 0.870 bits per heavy atom. The first-order chi connectivity index (χ1) is 21.3. The largest absolute Gasteiger partial charge is 0.481 e. The van der Waals surface area contributed by atoms with Gasteiger partial charge in [-0.1, -0.05) is 73.3 Å². The highest BCUT2D eigenvalue weighted by Crippen LogP contribution is 2.77. The van der Waals surface area contributed by atoms with E-state index in [1.54, 1.807) is 6.08 Å². The molecule has 5 rings (SSSR count). The summed E-state index contributed by atoms with van der Waals surface area (Å²) in [7, 11) is 0. The van der Waals surface area contributed by atoms with Crippen molar-refractivity contribution in [2.75, 3.05) is 6.61 Å². The fraction of sp³-hybridized carbons (Fsp3) is 0.825. The highest BCUT2D eigenvalue weighted by Gasteiger charge is 2.72. The second-order valence-electron chi connectivity index (χ2n) is 18.5. The third-order valence-corrected chi connectivity index (χ3v) is 15.3. The quantitative estimate of drug-likeness (QED) is 0.200. The van der Waals surface area contributed by atoms with Crippen LogP contribution in [-0.4, -0.2) is 35.7 Å². The van der Waals surface area contributed by atoms with Gasteiger partial charge in [-0.3, -0.25) is 14.4 Å². The van der Waals surface area contributed by atoms with E-state index in [9.17, 15) is 19.5 Å². The van der Waals surface area contributed by atoms with Crippen molar-refractivity contribution in [3.63, 3.8) is 0 Å². The third-order valence-electron chi connectivity index (χ3n) is 15.3. The average Bonchev–Trinajstić information content (AvgIpc) is 3.34. The number of fused-ring (bicyclic) bond motifs is 7. The van der Waals surface area contributed by atoms with Gasteiger partial charge >= 0.3 is 17.9 Å². The number of carbonyl (C=O) groups excluding carboxylic acids is 2. The van der Waals surface area contributed by atoms with Crippen LogP contribution in [0.2, 0.25) is 0 Å². The van der Waals surface area contributed by atoms with Gasteiger partial charge in [-0.25, -0.2) is 0 Å². The molecular formula is C40H62O6. The minimum absolute atomic E-state index is 0.00730. The van der Waals surface area contributed by atoms with Crippen LogP contribution in [0.4, 0.5) is 0 Å². The third kappa shape index (κ3) is 5.31. The number of hydrogen-bond acceptors (Lipinski definition) is 5. The molecule has 5 aliphatic rings. The van der Waals surface area contributed by atoms with Crippen LogP contribution in [0.5, 0.6) is 0 Å². The number of carboxylic acid groups (broad SMARTS) is 1. The second kappa shape index (κ2) is 11.8. The van der Waals surface area contributed by atoms with E-state index in [0.29, 0.717) is 23.7 Å². The first-order valence-corrected chi connectivity index (χ1v) is 18.1. The van der Waals surface area contributed by atoms with Gasteiger partial charge in [0, 0.05) is 5.41 Å². The summed E-state index contributed by atoms with van der Waals surface area (Å²) in [4.78, 5) is 38.3. The molecule has 0 amide bonds. The molecule has 0 saturated heterocycles. The highest BCUT2D eigenvalue weighted by atomic mass is 16.5. The van der Waals surface area contributed by atoms with Gasteiger partial charge in [-0.2, -0.15) is 0 Å². The van der Waals surface area contributed by atoms with E-state index < -0.39 is 16.8 Å². The summed E-state index contributed by atoms with van der Waals surface area (Å²) in [6.45, 7) is 26.7. The molecule has 0 aromatic heterocycles. The molecule has 5 aliphatic carbocycles. The van der Waals surface area contributed by atoms with Gasteiger partial charge in [-0.05, 0) is 122 Å². The van der Waals surface area contributed by atoms with Crippen LogP contribution in [0.1, 0.15) is 132 Å². The minimum atomic E-state index is -0.889. The molecule has 46 heavy (non-hydrogen) atoms. The molecule has 3 unspecified atom stereocenters. The van der Waals surface area contributed by atoms with E-state index in [4.69, 9.17) is 9.47 Å². The first-order valence-electron chi connectivity index (χ1n) is 18.1. The number of esters is 2. The van der Waals surface area contributed by atoms with Crippen molar-refractivity contribution in [3.8, 4) is 0 Å².